The van der Waals surface area contributed by atoms with Gasteiger partial charge in [0.25, 0.3) is 11.8 Å². The molecule has 1 unspecified atom stereocenters. The molecule has 2 heterocycles. The number of nitrogens with two attached hydrogens (primary N) is 1. The Morgan fingerprint density at radius 1 is 1.23 bits per heavy atom. The summed E-state index contributed by atoms with van der Waals surface area (Å²) >= 11 is 0. The van der Waals surface area contributed by atoms with Crippen LogP contribution in [0.3, 0.4) is 0 Å². The third kappa shape index (κ3) is 4.10. The van der Waals surface area contributed by atoms with Crippen LogP contribution < -0.4 is 15.2 Å². The molecule has 0 saturated heterocycles. The van der Waals surface area contributed by atoms with Gasteiger partial charge in [-0.3, -0.25) is 24.3 Å². The molecule has 0 spiro atoms. The molecule has 8 heteroatoms. The topological polar surface area (TPSA) is 112 Å². The second-order valence-corrected chi connectivity index (χ2v) is 7.72. The third-order valence-electron chi connectivity index (χ3n) is 5.63. The number of carbonyl (C=O) groups is 3. The zero-order valence-electron chi connectivity index (χ0n) is 17.4. The number of hydrogen-bond donors (Lipinski definition) is 1. The Balaban J connectivity index is 1.71. The van der Waals surface area contributed by atoms with E-state index in [0.717, 1.165) is 30.6 Å². The van der Waals surface area contributed by atoms with E-state index in [2.05, 4.69) is 4.98 Å². The fourth-order valence-corrected chi connectivity index (χ4v) is 4.24. The Morgan fingerprint density at radius 2 is 2.00 bits per heavy atom. The first kappa shape index (κ1) is 20.8. The van der Waals surface area contributed by atoms with Gasteiger partial charge in [-0.1, -0.05) is 0 Å². The number of benzene rings is 1. The molecule has 31 heavy (non-hydrogen) atoms. The highest BCUT2D eigenvalue weighted by atomic mass is 16.5. The third-order valence-corrected chi connectivity index (χ3v) is 5.63. The van der Waals surface area contributed by atoms with Crippen LogP contribution in [-0.4, -0.2) is 40.3 Å². The van der Waals surface area contributed by atoms with E-state index < -0.39 is 23.8 Å². The molecule has 1 aromatic heterocycles. The molecule has 0 bridgehead atoms. The van der Waals surface area contributed by atoms with Crippen molar-refractivity contribution in [2.45, 2.75) is 51.2 Å². The van der Waals surface area contributed by atoms with Gasteiger partial charge in [-0.2, -0.15) is 0 Å². The van der Waals surface area contributed by atoms with Gasteiger partial charge in [-0.05, 0) is 56.9 Å². The standard InChI is InChI=1S/C23H25N3O5/c1-2-30-19-12-15(31-14-6-3-4-7-14)9-10-16(19)18(13-20(24)27)26-22(28)17-8-5-11-25-21(17)23(26)29/h5,8-12,14,18H,2-4,6-7,13H2,1H3,(H2,24,27). The maximum atomic E-state index is 13.0. The summed E-state index contributed by atoms with van der Waals surface area (Å²) in [4.78, 5) is 43.0. The number of amides is 3. The van der Waals surface area contributed by atoms with E-state index in [9.17, 15) is 14.4 Å². The summed E-state index contributed by atoms with van der Waals surface area (Å²) in [6, 6.07) is 7.50. The molecule has 4 rings (SSSR count). The zero-order chi connectivity index (χ0) is 22.0. The number of imide groups is 1. The minimum atomic E-state index is -0.909. The average molecular weight is 423 g/mol. The number of ether oxygens (including phenoxy) is 2. The molecular weight excluding hydrogens is 398 g/mol. The van der Waals surface area contributed by atoms with Gasteiger partial charge in [-0.25, -0.2) is 0 Å². The predicted octanol–water partition coefficient (Wildman–Crippen LogP) is 3.01. The molecule has 1 fully saturated rings. The van der Waals surface area contributed by atoms with Crippen molar-refractivity contribution >= 4 is 17.7 Å². The smallest absolute Gasteiger partial charge is 0.280 e. The van der Waals surface area contributed by atoms with E-state index in [1.165, 1.54) is 6.20 Å². The minimum absolute atomic E-state index is 0.0705. The van der Waals surface area contributed by atoms with Crippen LogP contribution in [-0.2, 0) is 4.79 Å². The highest BCUT2D eigenvalue weighted by Crippen LogP contribution is 2.39. The lowest BCUT2D eigenvalue weighted by Gasteiger charge is -2.27. The van der Waals surface area contributed by atoms with Crippen molar-refractivity contribution in [2.24, 2.45) is 5.73 Å². The van der Waals surface area contributed by atoms with Gasteiger partial charge < -0.3 is 15.2 Å². The first-order chi connectivity index (χ1) is 15.0. The van der Waals surface area contributed by atoms with E-state index in [0.29, 0.717) is 23.7 Å². The molecule has 2 aliphatic rings. The van der Waals surface area contributed by atoms with Gasteiger partial charge in [0.05, 0.1) is 30.7 Å². The van der Waals surface area contributed by atoms with Crippen LogP contribution in [0, 0.1) is 0 Å². The number of fused-ring (bicyclic) bond motifs is 1. The number of nitrogens with zero attached hydrogens (tertiary/aromatic N) is 2. The van der Waals surface area contributed by atoms with Crippen LogP contribution >= 0.6 is 0 Å². The van der Waals surface area contributed by atoms with E-state index in [1.807, 2.05) is 6.92 Å². The number of aromatic nitrogens is 1. The summed E-state index contributed by atoms with van der Waals surface area (Å²) in [5.74, 6) is -0.591. The molecule has 1 atom stereocenters. The van der Waals surface area contributed by atoms with Gasteiger partial charge in [0.2, 0.25) is 5.91 Å². The van der Waals surface area contributed by atoms with Crippen molar-refractivity contribution < 1.29 is 23.9 Å². The van der Waals surface area contributed by atoms with Gasteiger partial charge in [0.1, 0.15) is 17.2 Å². The van der Waals surface area contributed by atoms with E-state index in [4.69, 9.17) is 15.2 Å². The molecular formula is C23H25N3O5. The maximum absolute atomic E-state index is 13.0. The zero-order valence-corrected chi connectivity index (χ0v) is 17.4. The van der Waals surface area contributed by atoms with Crippen molar-refractivity contribution in [3.8, 4) is 11.5 Å². The average Bonchev–Trinajstić information content (AvgIpc) is 3.34. The van der Waals surface area contributed by atoms with Crippen LogP contribution in [0.25, 0.3) is 0 Å². The van der Waals surface area contributed by atoms with Crippen molar-refractivity contribution in [3.05, 3.63) is 53.3 Å². The molecule has 162 valence electrons. The van der Waals surface area contributed by atoms with E-state index >= 15 is 0 Å². The number of primary amides is 1. The van der Waals surface area contributed by atoms with Crippen molar-refractivity contribution in [1.29, 1.82) is 0 Å². The summed E-state index contributed by atoms with van der Waals surface area (Å²) in [7, 11) is 0. The lowest BCUT2D eigenvalue weighted by molar-refractivity contribution is -0.118. The highest BCUT2D eigenvalue weighted by Gasteiger charge is 2.43. The molecule has 3 amide bonds. The monoisotopic (exact) mass is 423 g/mol. The van der Waals surface area contributed by atoms with Gasteiger partial charge in [0, 0.05) is 17.8 Å². The van der Waals surface area contributed by atoms with Crippen LogP contribution in [0.5, 0.6) is 11.5 Å². The van der Waals surface area contributed by atoms with Crippen molar-refractivity contribution in [1.82, 2.24) is 9.88 Å². The molecule has 0 radical (unpaired) electrons. The summed E-state index contributed by atoms with van der Waals surface area (Å²) < 4.78 is 11.9. The number of carbonyl (C=O) groups excluding carboxylic acids is 3. The summed E-state index contributed by atoms with van der Waals surface area (Å²) in [6.07, 6.45) is 5.72. The molecule has 1 saturated carbocycles. The molecule has 8 nitrogen and oxygen atoms in total. The lowest BCUT2D eigenvalue weighted by Crippen LogP contribution is -2.36. The maximum Gasteiger partial charge on any atom is 0.280 e. The largest absolute Gasteiger partial charge is 0.493 e. The lowest BCUT2D eigenvalue weighted by atomic mass is 10.00. The van der Waals surface area contributed by atoms with Crippen LogP contribution in [0.1, 0.15) is 71.5 Å². The fourth-order valence-electron chi connectivity index (χ4n) is 4.24. The fraction of sp³-hybridized carbons (Fsp3) is 0.391. The molecule has 2 aromatic rings. The molecule has 1 aliphatic heterocycles. The molecule has 1 aliphatic carbocycles. The molecule has 1 aromatic carbocycles. The van der Waals surface area contributed by atoms with Crippen LogP contribution in [0.2, 0.25) is 0 Å². The second kappa shape index (κ2) is 8.75. The van der Waals surface area contributed by atoms with Crippen molar-refractivity contribution in [2.75, 3.05) is 6.61 Å². The first-order valence-electron chi connectivity index (χ1n) is 10.5. The minimum Gasteiger partial charge on any atom is -0.493 e. The Morgan fingerprint density at radius 3 is 2.68 bits per heavy atom. The van der Waals surface area contributed by atoms with Crippen molar-refractivity contribution in [3.63, 3.8) is 0 Å². The Bertz CT molecular complexity index is 981. The van der Waals surface area contributed by atoms with Gasteiger partial charge >= 0.3 is 0 Å². The Kier molecular flexibility index (Phi) is 5.88. The number of pyridine rings is 1. The Hall–Kier alpha value is -3.42. The van der Waals surface area contributed by atoms with Gasteiger partial charge in [-0.15, -0.1) is 0 Å². The second-order valence-electron chi connectivity index (χ2n) is 7.72. The van der Waals surface area contributed by atoms with Gasteiger partial charge in [0.15, 0.2) is 0 Å². The number of rotatable bonds is 8. The SMILES string of the molecule is CCOc1cc(OC2CCCC2)ccc1C(CC(N)=O)N1C(=O)c2cccnc2C1=O. The Labute approximate surface area is 180 Å². The highest BCUT2D eigenvalue weighted by molar-refractivity contribution is 6.20. The quantitative estimate of drug-likeness (QED) is 0.653. The van der Waals surface area contributed by atoms with Crippen LogP contribution in [0.15, 0.2) is 36.5 Å². The van der Waals surface area contributed by atoms with E-state index in [1.54, 1.807) is 30.3 Å². The number of hydrogen-bond acceptors (Lipinski definition) is 6. The van der Waals surface area contributed by atoms with Crippen LogP contribution in [0.4, 0.5) is 0 Å². The summed E-state index contributed by atoms with van der Waals surface area (Å²) in [6.45, 7) is 2.20. The summed E-state index contributed by atoms with van der Waals surface area (Å²) in [5.41, 5.74) is 6.29. The molecule has 2 N–H and O–H groups in total. The summed E-state index contributed by atoms with van der Waals surface area (Å²) in [5, 5.41) is 0. The predicted molar refractivity (Wildman–Crippen MR) is 112 cm³/mol. The normalized spacial score (nSPS) is 17.0. The first-order valence-corrected chi connectivity index (χ1v) is 10.5. The van der Waals surface area contributed by atoms with E-state index in [-0.39, 0.29) is 23.8 Å².